The van der Waals surface area contributed by atoms with Crippen molar-refractivity contribution < 1.29 is 4.74 Å². The second-order valence-electron chi connectivity index (χ2n) is 6.70. The van der Waals surface area contributed by atoms with E-state index >= 15 is 0 Å². The monoisotopic (exact) mass is 237 g/mol. The van der Waals surface area contributed by atoms with Crippen LogP contribution in [0.2, 0.25) is 0 Å². The Labute approximate surface area is 105 Å². The molecule has 2 aliphatic carbocycles. The molecule has 0 aromatic heterocycles. The third-order valence-electron chi connectivity index (χ3n) is 5.42. The molecular weight excluding hydrogens is 210 g/mol. The maximum absolute atomic E-state index is 5.62. The van der Waals surface area contributed by atoms with Gasteiger partial charge in [-0.2, -0.15) is 0 Å². The van der Waals surface area contributed by atoms with E-state index in [1.807, 2.05) is 0 Å². The van der Waals surface area contributed by atoms with E-state index in [1.54, 1.807) is 0 Å². The summed E-state index contributed by atoms with van der Waals surface area (Å²) >= 11 is 0. The lowest BCUT2D eigenvalue weighted by molar-refractivity contribution is 0.00939. The maximum atomic E-state index is 5.62. The summed E-state index contributed by atoms with van der Waals surface area (Å²) in [6.07, 6.45) is 8.90. The van der Waals surface area contributed by atoms with E-state index in [4.69, 9.17) is 4.74 Å². The standard InChI is InChI=1S/C15H27NO/c1-10-7-14(5-6-17-10)16-11(2)15-9-12-3-4-13(15)8-12/h10-16H,3-9H2,1-2H3. The average Bonchev–Trinajstić information content (AvgIpc) is 2.90. The highest BCUT2D eigenvalue weighted by Gasteiger charge is 2.42. The summed E-state index contributed by atoms with van der Waals surface area (Å²) in [5.41, 5.74) is 0. The fraction of sp³-hybridized carbons (Fsp3) is 1.00. The van der Waals surface area contributed by atoms with Gasteiger partial charge in [0, 0.05) is 18.7 Å². The van der Waals surface area contributed by atoms with Crippen LogP contribution in [-0.2, 0) is 4.74 Å². The summed E-state index contributed by atoms with van der Waals surface area (Å²) in [4.78, 5) is 0. The molecule has 0 amide bonds. The van der Waals surface area contributed by atoms with E-state index in [-0.39, 0.29) is 0 Å². The van der Waals surface area contributed by atoms with Crippen molar-refractivity contribution in [3.63, 3.8) is 0 Å². The fourth-order valence-corrected chi connectivity index (χ4v) is 4.55. The van der Waals surface area contributed by atoms with Gasteiger partial charge in [-0.25, -0.2) is 0 Å². The first-order valence-corrected chi connectivity index (χ1v) is 7.60. The Morgan fingerprint density at radius 3 is 2.65 bits per heavy atom. The molecule has 0 aromatic rings. The van der Waals surface area contributed by atoms with Gasteiger partial charge in [0.1, 0.15) is 0 Å². The molecule has 1 saturated heterocycles. The molecule has 98 valence electrons. The molecular formula is C15H27NO. The van der Waals surface area contributed by atoms with Crippen molar-refractivity contribution in [1.29, 1.82) is 0 Å². The van der Waals surface area contributed by atoms with Crippen LogP contribution in [0.1, 0.15) is 52.4 Å². The lowest BCUT2D eigenvalue weighted by atomic mass is 9.83. The van der Waals surface area contributed by atoms with Gasteiger partial charge in [0.05, 0.1) is 6.10 Å². The molecule has 3 fully saturated rings. The molecule has 6 unspecified atom stereocenters. The number of nitrogens with one attached hydrogen (secondary N) is 1. The number of fused-ring (bicyclic) bond motifs is 2. The quantitative estimate of drug-likeness (QED) is 0.815. The highest BCUT2D eigenvalue weighted by Crippen LogP contribution is 2.49. The molecule has 17 heavy (non-hydrogen) atoms. The minimum absolute atomic E-state index is 0.452. The molecule has 0 aromatic carbocycles. The van der Waals surface area contributed by atoms with Gasteiger partial charge in [0.2, 0.25) is 0 Å². The van der Waals surface area contributed by atoms with Crippen LogP contribution in [0.15, 0.2) is 0 Å². The molecule has 1 N–H and O–H groups in total. The van der Waals surface area contributed by atoms with E-state index in [0.717, 1.165) is 30.4 Å². The molecule has 2 nitrogen and oxygen atoms in total. The summed E-state index contributed by atoms with van der Waals surface area (Å²) in [5.74, 6) is 3.08. The van der Waals surface area contributed by atoms with Gasteiger partial charge >= 0.3 is 0 Å². The molecule has 6 atom stereocenters. The normalized spacial score (nSPS) is 47.3. The van der Waals surface area contributed by atoms with Crippen molar-refractivity contribution >= 4 is 0 Å². The summed E-state index contributed by atoms with van der Waals surface area (Å²) in [6, 6.07) is 1.42. The van der Waals surface area contributed by atoms with E-state index < -0.39 is 0 Å². The van der Waals surface area contributed by atoms with Crippen molar-refractivity contribution in [3.05, 3.63) is 0 Å². The predicted octanol–water partition coefficient (Wildman–Crippen LogP) is 2.97. The smallest absolute Gasteiger partial charge is 0.0561 e. The third kappa shape index (κ3) is 2.53. The molecule has 0 radical (unpaired) electrons. The van der Waals surface area contributed by atoms with E-state index in [2.05, 4.69) is 19.2 Å². The predicted molar refractivity (Wildman–Crippen MR) is 70.0 cm³/mol. The largest absolute Gasteiger partial charge is 0.378 e. The van der Waals surface area contributed by atoms with Gasteiger partial charge in [-0.15, -0.1) is 0 Å². The topological polar surface area (TPSA) is 21.3 Å². The number of hydrogen-bond donors (Lipinski definition) is 1. The molecule has 2 saturated carbocycles. The molecule has 2 bridgehead atoms. The Morgan fingerprint density at radius 1 is 1.12 bits per heavy atom. The minimum Gasteiger partial charge on any atom is -0.378 e. The Kier molecular flexibility index (Phi) is 3.45. The van der Waals surface area contributed by atoms with Crippen LogP contribution >= 0.6 is 0 Å². The fourth-order valence-electron chi connectivity index (χ4n) is 4.55. The average molecular weight is 237 g/mol. The van der Waals surface area contributed by atoms with E-state index in [0.29, 0.717) is 12.1 Å². The van der Waals surface area contributed by atoms with Crippen LogP contribution in [0.3, 0.4) is 0 Å². The zero-order valence-corrected chi connectivity index (χ0v) is 11.3. The second-order valence-corrected chi connectivity index (χ2v) is 6.70. The lowest BCUT2D eigenvalue weighted by Gasteiger charge is -2.35. The van der Waals surface area contributed by atoms with Gasteiger partial charge in [-0.3, -0.25) is 0 Å². The van der Waals surface area contributed by atoms with Gasteiger partial charge in [0.15, 0.2) is 0 Å². The number of rotatable bonds is 3. The Bertz CT molecular complexity index is 268. The molecule has 3 rings (SSSR count). The summed E-state index contributed by atoms with van der Waals surface area (Å²) in [5, 5.41) is 3.90. The van der Waals surface area contributed by atoms with Crippen molar-refractivity contribution in [2.45, 2.75) is 70.6 Å². The Hall–Kier alpha value is -0.0800. The first kappa shape index (κ1) is 12.0. The summed E-state index contributed by atoms with van der Waals surface area (Å²) < 4.78 is 5.62. The first-order valence-electron chi connectivity index (χ1n) is 7.60. The van der Waals surface area contributed by atoms with Crippen molar-refractivity contribution in [2.75, 3.05) is 6.61 Å². The zero-order chi connectivity index (χ0) is 11.8. The molecule has 0 spiro atoms. The van der Waals surface area contributed by atoms with Crippen LogP contribution in [0.4, 0.5) is 0 Å². The zero-order valence-electron chi connectivity index (χ0n) is 11.3. The van der Waals surface area contributed by atoms with Crippen molar-refractivity contribution in [2.24, 2.45) is 17.8 Å². The lowest BCUT2D eigenvalue weighted by Crippen LogP contribution is -2.46. The highest BCUT2D eigenvalue weighted by molar-refractivity contribution is 4.95. The van der Waals surface area contributed by atoms with Gasteiger partial charge in [-0.1, -0.05) is 6.42 Å². The minimum atomic E-state index is 0.452. The molecule has 3 aliphatic rings. The molecule has 1 aliphatic heterocycles. The van der Waals surface area contributed by atoms with Crippen molar-refractivity contribution in [1.82, 2.24) is 5.32 Å². The van der Waals surface area contributed by atoms with Crippen LogP contribution < -0.4 is 5.32 Å². The highest BCUT2D eigenvalue weighted by atomic mass is 16.5. The van der Waals surface area contributed by atoms with Crippen LogP contribution in [0, 0.1) is 17.8 Å². The maximum Gasteiger partial charge on any atom is 0.0561 e. The second kappa shape index (κ2) is 4.89. The Balaban J connectivity index is 1.51. The number of ether oxygens (including phenoxy) is 1. The van der Waals surface area contributed by atoms with Gasteiger partial charge < -0.3 is 10.1 Å². The van der Waals surface area contributed by atoms with E-state index in [1.165, 1.54) is 38.5 Å². The van der Waals surface area contributed by atoms with Crippen molar-refractivity contribution in [3.8, 4) is 0 Å². The summed E-state index contributed by atoms with van der Waals surface area (Å²) in [7, 11) is 0. The SMILES string of the molecule is CC1CC(NC(C)C2CC3CCC2C3)CCO1. The molecule has 1 heterocycles. The third-order valence-corrected chi connectivity index (χ3v) is 5.42. The summed E-state index contributed by atoms with van der Waals surface area (Å²) in [6.45, 7) is 5.57. The van der Waals surface area contributed by atoms with Gasteiger partial charge in [-0.05, 0) is 63.7 Å². The first-order chi connectivity index (χ1) is 8.22. The van der Waals surface area contributed by atoms with E-state index in [9.17, 15) is 0 Å². The Morgan fingerprint density at radius 2 is 2.00 bits per heavy atom. The van der Waals surface area contributed by atoms with Crippen LogP contribution in [-0.4, -0.2) is 24.8 Å². The van der Waals surface area contributed by atoms with Crippen LogP contribution in [0.25, 0.3) is 0 Å². The molecule has 2 heteroatoms. The van der Waals surface area contributed by atoms with Gasteiger partial charge in [0.25, 0.3) is 0 Å². The number of hydrogen-bond acceptors (Lipinski definition) is 2. The van der Waals surface area contributed by atoms with Crippen LogP contribution in [0.5, 0.6) is 0 Å².